The number of nitrogens with zero attached hydrogens (tertiary/aromatic N) is 3. The SMILES string of the molecule is COC1=CC(OC)C=C(CN(Cc2ccc(OC)cc2OC)c2ncnc(N)c2N)CC=C1. The lowest BCUT2D eigenvalue weighted by molar-refractivity contribution is 0.171. The van der Waals surface area contributed by atoms with E-state index in [1.165, 1.54) is 6.33 Å². The van der Waals surface area contributed by atoms with Crippen LogP contribution in [0.3, 0.4) is 0 Å². The van der Waals surface area contributed by atoms with Crippen molar-refractivity contribution in [2.24, 2.45) is 0 Å². The van der Waals surface area contributed by atoms with E-state index in [4.69, 9.17) is 30.4 Å². The first-order valence-corrected chi connectivity index (χ1v) is 10.5. The van der Waals surface area contributed by atoms with E-state index in [1.54, 1.807) is 28.4 Å². The fourth-order valence-electron chi connectivity index (χ4n) is 3.57. The van der Waals surface area contributed by atoms with Crippen LogP contribution in [0.4, 0.5) is 17.3 Å². The van der Waals surface area contributed by atoms with Crippen LogP contribution in [-0.2, 0) is 16.0 Å². The summed E-state index contributed by atoms with van der Waals surface area (Å²) in [5.41, 5.74) is 14.7. The second-order valence-electron chi connectivity index (χ2n) is 7.43. The summed E-state index contributed by atoms with van der Waals surface area (Å²) in [6.45, 7) is 1.02. The lowest BCUT2D eigenvalue weighted by Gasteiger charge is -2.28. The number of nitrogen functional groups attached to an aromatic ring is 2. The molecule has 1 aromatic carbocycles. The molecule has 9 heteroatoms. The summed E-state index contributed by atoms with van der Waals surface area (Å²) in [6, 6.07) is 5.70. The third-order valence-corrected chi connectivity index (χ3v) is 5.34. The number of benzene rings is 1. The second-order valence-corrected chi connectivity index (χ2v) is 7.43. The molecule has 176 valence electrons. The van der Waals surface area contributed by atoms with E-state index >= 15 is 0 Å². The monoisotopic (exact) mass is 453 g/mol. The van der Waals surface area contributed by atoms with Crippen molar-refractivity contribution in [3.8, 4) is 11.5 Å². The number of methoxy groups -OCH3 is 4. The van der Waals surface area contributed by atoms with Crippen molar-refractivity contribution in [1.29, 1.82) is 0 Å². The number of rotatable bonds is 9. The minimum Gasteiger partial charge on any atom is -0.497 e. The molecule has 0 saturated heterocycles. The van der Waals surface area contributed by atoms with Gasteiger partial charge in [0, 0.05) is 31.8 Å². The highest BCUT2D eigenvalue weighted by atomic mass is 16.5. The average molecular weight is 454 g/mol. The lowest BCUT2D eigenvalue weighted by Crippen LogP contribution is -2.28. The maximum atomic E-state index is 6.28. The van der Waals surface area contributed by atoms with Gasteiger partial charge in [-0.25, -0.2) is 9.97 Å². The van der Waals surface area contributed by atoms with Crippen LogP contribution in [0.15, 0.2) is 60.2 Å². The predicted octanol–water partition coefficient (Wildman–Crippen LogP) is 3.10. The molecule has 2 aromatic rings. The minimum atomic E-state index is -0.231. The average Bonchev–Trinajstić information content (AvgIpc) is 2.82. The minimum absolute atomic E-state index is 0.231. The van der Waals surface area contributed by atoms with E-state index in [0.29, 0.717) is 42.5 Å². The van der Waals surface area contributed by atoms with E-state index in [-0.39, 0.29) is 11.9 Å². The number of allylic oxidation sites excluding steroid dienone is 2. The molecule has 9 nitrogen and oxygen atoms in total. The van der Waals surface area contributed by atoms with Crippen molar-refractivity contribution in [2.45, 2.75) is 19.1 Å². The van der Waals surface area contributed by atoms with E-state index in [0.717, 1.165) is 16.9 Å². The molecule has 0 saturated carbocycles. The molecule has 1 aliphatic carbocycles. The van der Waals surface area contributed by atoms with Gasteiger partial charge in [-0.2, -0.15) is 0 Å². The summed E-state index contributed by atoms with van der Waals surface area (Å²) in [6.07, 6.45) is 9.87. The largest absolute Gasteiger partial charge is 0.497 e. The third-order valence-electron chi connectivity index (χ3n) is 5.34. The molecule has 4 N–H and O–H groups in total. The number of nitrogens with two attached hydrogens (primary N) is 2. The van der Waals surface area contributed by atoms with Crippen molar-refractivity contribution < 1.29 is 18.9 Å². The molecule has 0 spiro atoms. The van der Waals surface area contributed by atoms with Gasteiger partial charge in [0.15, 0.2) is 11.6 Å². The molecule has 1 aliphatic rings. The van der Waals surface area contributed by atoms with Crippen LogP contribution in [-0.4, -0.2) is 51.1 Å². The molecule has 3 rings (SSSR count). The Kier molecular flexibility index (Phi) is 8.15. The highest BCUT2D eigenvalue weighted by Gasteiger charge is 2.19. The molecule has 0 aliphatic heterocycles. The highest BCUT2D eigenvalue weighted by Crippen LogP contribution is 2.31. The zero-order valence-electron chi connectivity index (χ0n) is 19.4. The van der Waals surface area contributed by atoms with Crippen molar-refractivity contribution in [3.05, 3.63) is 65.7 Å². The van der Waals surface area contributed by atoms with Gasteiger partial charge in [-0.05, 0) is 36.3 Å². The maximum Gasteiger partial charge on any atom is 0.158 e. The zero-order chi connectivity index (χ0) is 23.8. The van der Waals surface area contributed by atoms with Gasteiger partial charge in [0.1, 0.15) is 29.3 Å². The molecule has 33 heavy (non-hydrogen) atoms. The number of ether oxygens (including phenoxy) is 4. The van der Waals surface area contributed by atoms with Gasteiger partial charge in [-0.3, -0.25) is 0 Å². The highest BCUT2D eigenvalue weighted by molar-refractivity contribution is 5.73. The first kappa shape index (κ1) is 23.9. The summed E-state index contributed by atoms with van der Waals surface area (Å²) in [5.74, 6) is 2.96. The maximum absolute atomic E-state index is 6.28. The first-order chi connectivity index (χ1) is 16.0. The Morgan fingerprint density at radius 1 is 1.00 bits per heavy atom. The zero-order valence-corrected chi connectivity index (χ0v) is 19.4. The standard InChI is InChI=1S/C24H31N5O4/c1-30-18-7-5-6-16(10-20(11-18)32-3)13-29(24-22(25)23(26)27-15-28-24)14-17-8-9-19(31-2)12-21(17)33-4/h5,7-12,15,20H,6,13-14,25H2,1-4H3,(H2,26,27,28). The lowest BCUT2D eigenvalue weighted by atomic mass is 10.0. The van der Waals surface area contributed by atoms with Crippen LogP contribution >= 0.6 is 0 Å². The second kappa shape index (κ2) is 11.2. The molecule has 1 heterocycles. The van der Waals surface area contributed by atoms with Crippen LogP contribution in [0.2, 0.25) is 0 Å². The summed E-state index contributed by atoms with van der Waals surface area (Å²) >= 11 is 0. The molecule has 0 radical (unpaired) electrons. The molecular formula is C24H31N5O4. The van der Waals surface area contributed by atoms with Gasteiger partial charge in [-0.1, -0.05) is 12.2 Å². The van der Waals surface area contributed by atoms with E-state index < -0.39 is 0 Å². The van der Waals surface area contributed by atoms with Gasteiger partial charge >= 0.3 is 0 Å². The number of hydrogen-bond acceptors (Lipinski definition) is 9. The fourth-order valence-corrected chi connectivity index (χ4v) is 3.57. The third kappa shape index (κ3) is 5.95. The summed E-state index contributed by atoms with van der Waals surface area (Å²) in [7, 11) is 6.55. The van der Waals surface area contributed by atoms with Gasteiger partial charge in [0.05, 0.1) is 27.4 Å². The number of hydrogen-bond donors (Lipinski definition) is 2. The molecule has 1 aromatic heterocycles. The molecule has 0 fully saturated rings. The quantitative estimate of drug-likeness (QED) is 0.552. The normalized spacial score (nSPS) is 15.7. The summed E-state index contributed by atoms with van der Waals surface area (Å²) in [5, 5.41) is 0. The Hall–Kier alpha value is -3.72. The van der Waals surface area contributed by atoms with Crippen molar-refractivity contribution >= 4 is 17.3 Å². The Balaban J connectivity index is 1.99. The topological polar surface area (TPSA) is 118 Å². The summed E-state index contributed by atoms with van der Waals surface area (Å²) in [4.78, 5) is 10.5. The van der Waals surface area contributed by atoms with E-state index in [2.05, 4.69) is 22.1 Å². The number of aromatic nitrogens is 2. The molecule has 0 amide bonds. The smallest absolute Gasteiger partial charge is 0.158 e. The summed E-state index contributed by atoms with van der Waals surface area (Å²) < 4.78 is 21.9. The van der Waals surface area contributed by atoms with Crippen LogP contribution < -0.4 is 25.8 Å². The van der Waals surface area contributed by atoms with Crippen LogP contribution in [0, 0.1) is 0 Å². The Labute approximate surface area is 194 Å². The van der Waals surface area contributed by atoms with Crippen molar-refractivity contribution in [3.63, 3.8) is 0 Å². The van der Waals surface area contributed by atoms with Crippen LogP contribution in [0.25, 0.3) is 0 Å². The first-order valence-electron chi connectivity index (χ1n) is 10.5. The van der Waals surface area contributed by atoms with Crippen molar-refractivity contribution in [2.75, 3.05) is 51.4 Å². The van der Waals surface area contributed by atoms with Crippen molar-refractivity contribution in [1.82, 2.24) is 9.97 Å². The Morgan fingerprint density at radius 2 is 1.82 bits per heavy atom. The Morgan fingerprint density at radius 3 is 2.52 bits per heavy atom. The Bertz CT molecular complexity index is 1050. The van der Waals surface area contributed by atoms with Crippen LogP contribution in [0.5, 0.6) is 11.5 Å². The van der Waals surface area contributed by atoms with Gasteiger partial charge in [-0.15, -0.1) is 0 Å². The molecular weight excluding hydrogens is 422 g/mol. The molecule has 1 unspecified atom stereocenters. The van der Waals surface area contributed by atoms with Crippen LogP contribution in [0.1, 0.15) is 12.0 Å². The van der Waals surface area contributed by atoms with Gasteiger partial charge in [0.25, 0.3) is 0 Å². The van der Waals surface area contributed by atoms with Gasteiger partial charge in [0.2, 0.25) is 0 Å². The predicted molar refractivity (Wildman–Crippen MR) is 129 cm³/mol. The number of anilines is 3. The van der Waals surface area contributed by atoms with E-state index in [9.17, 15) is 0 Å². The van der Waals surface area contributed by atoms with Gasteiger partial charge < -0.3 is 35.3 Å². The van der Waals surface area contributed by atoms with E-state index in [1.807, 2.05) is 35.3 Å². The molecule has 1 atom stereocenters. The fraction of sp³-hybridized carbons (Fsp3) is 0.333. The molecule has 0 bridgehead atoms.